The van der Waals surface area contributed by atoms with Gasteiger partial charge in [0.05, 0.1) is 16.6 Å². The van der Waals surface area contributed by atoms with Gasteiger partial charge in [0, 0.05) is 22.8 Å². The Kier molecular flexibility index (Phi) is 7.07. The monoisotopic (exact) mass is 488 g/mol. The molecule has 2 aliphatic rings. The molecule has 1 aliphatic carbocycles. The van der Waals surface area contributed by atoms with E-state index in [1.54, 1.807) is 32.0 Å². The summed E-state index contributed by atoms with van der Waals surface area (Å²) in [5.74, 6) is 0.412. The number of para-hydroxylation sites is 1. The van der Waals surface area contributed by atoms with Crippen molar-refractivity contribution in [1.82, 2.24) is 4.72 Å². The fourth-order valence-electron chi connectivity index (χ4n) is 4.71. The van der Waals surface area contributed by atoms with Gasteiger partial charge in [-0.15, -0.1) is 11.8 Å². The molecule has 2 N–H and O–H groups in total. The minimum absolute atomic E-state index is 0.140. The third kappa shape index (κ3) is 5.23. The van der Waals surface area contributed by atoms with Crippen LogP contribution in [-0.2, 0) is 14.8 Å². The molecule has 1 heterocycles. The molecule has 1 saturated carbocycles. The summed E-state index contributed by atoms with van der Waals surface area (Å²) in [6, 6.07) is 12.2. The van der Waals surface area contributed by atoms with Gasteiger partial charge < -0.3 is 10.1 Å². The maximum absolute atomic E-state index is 13.5. The van der Waals surface area contributed by atoms with Gasteiger partial charge in [-0.3, -0.25) is 4.79 Å². The number of fused-ring (bicyclic) bond motifs is 1. The summed E-state index contributed by atoms with van der Waals surface area (Å²) in [4.78, 5) is 13.2. The average Bonchev–Trinajstić information content (AvgIpc) is 2.79. The summed E-state index contributed by atoms with van der Waals surface area (Å²) >= 11 is 1.46. The molecule has 2 aromatic carbocycles. The van der Waals surface area contributed by atoms with E-state index in [1.165, 1.54) is 18.2 Å². The van der Waals surface area contributed by atoms with Crippen molar-refractivity contribution in [2.75, 3.05) is 11.6 Å². The molecular formula is C25H32N2O4S2. The molecule has 4 rings (SSSR count). The van der Waals surface area contributed by atoms with Crippen molar-refractivity contribution >= 4 is 33.4 Å². The SMILES string of the molecule is CSc1ccc(S(=O)(=O)N[C@@H]2CC3(CCCCC3)Oc3ccccc32)cc1NC(=O)C(C)C. The maximum Gasteiger partial charge on any atom is 0.241 e. The number of anilines is 1. The highest BCUT2D eigenvalue weighted by Gasteiger charge is 2.43. The number of ether oxygens (including phenoxy) is 1. The molecule has 1 fully saturated rings. The fourth-order valence-corrected chi connectivity index (χ4v) is 6.49. The molecule has 0 unspecified atom stereocenters. The summed E-state index contributed by atoms with van der Waals surface area (Å²) in [6.45, 7) is 3.61. The molecule has 8 heteroatoms. The molecule has 33 heavy (non-hydrogen) atoms. The van der Waals surface area contributed by atoms with E-state index in [9.17, 15) is 13.2 Å². The second-order valence-electron chi connectivity index (χ2n) is 9.27. The second-order valence-corrected chi connectivity index (χ2v) is 11.8. The Morgan fingerprint density at radius 1 is 1.12 bits per heavy atom. The third-order valence-corrected chi connectivity index (χ3v) is 8.79. The van der Waals surface area contributed by atoms with Crippen molar-refractivity contribution < 1.29 is 17.9 Å². The first-order valence-electron chi connectivity index (χ1n) is 11.5. The lowest BCUT2D eigenvalue weighted by Crippen LogP contribution is -2.46. The van der Waals surface area contributed by atoms with Gasteiger partial charge in [-0.25, -0.2) is 13.1 Å². The van der Waals surface area contributed by atoms with Crippen LogP contribution < -0.4 is 14.8 Å². The van der Waals surface area contributed by atoms with Crippen LogP contribution in [0.4, 0.5) is 5.69 Å². The van der Waals surface area contributed by atoms with Crippen LogP contribution in [0, 0.1) is 5.92 Å². The van der Waals surface area contributed by atoms with E-state index in [0.29, 0.717) is 12.1 Å². The molecule has 0 bridgehead atoms. The van der Waals surface area contributed by atoms with Gasteiger partial charge in [0.1, 0.15) is 11.4 Å². The van der Waals surface area contributed by atoms with Crippen LogP contribution >= 0.6 is 11.8 Å². The van der Waals surface area contributed by atoms with Crippen molar-refractivity contribution in [3.8, 4) is 5.75 Å². The Morgan fingerprint density at radius 3 is 2.55 bits per heavy atom. The van der Waals surface area contributed by atoms with Gasteiger partial charge in [0.25, 0.3) is 0 Å². The molecule has 1 spiro atoms. The van der Waals surface area contributed by atoms with Crippen LogP contribution in [0.3, 0.4) is 0 Å². The van der Waals surface area contributed by atoms with E-state index in [-0.39, 0.29) is 28.4 Å². The lowest BCUT2D eigenvalue weighted by molar-refractivity contribution is -0.118. The molecule has 1 amide bonds. The number of benzene rings is 2. The second kappa shape index (κ2) is 9.68. The standard InChI is InChI=1S/C25H32N2O4S2/c1-17(2)24(28)26-20-15-18(11-12-23(20)32-3)33(29,30)27-21-16-25(13-7-4-8-14-25)31-22-10-6-5-9-19(21)22/h5-6,9-12,15,17,21,27H,4,7-8,13-14,16H2,1-3H3,(H,26,28)/t21-/m1/s1. The number of carbonyl (C=O) groups excluding carboxylic acids is 1. The van der Waals surface area contributed by atoms with Gasteiger partial charge in [0.2, 0.25) is 15.9 Å². The minimum Gasteiger partial charge on any atom is -0.487 e. The summed E-state index contributed by atoms with van der Waals surface area (Å²) in [7, 11) is -3.83. The van der Waals surface area contributed by atoms with E-state index in [1.807, 2.05) is 30.5 Å². The summed E-state index contributed by atoms with van der Waals surface area (Å²) < 4.78 is 36.4. The number of rotatable bonds is 6. The molecule has 0 saturated heterocycles. The Labute approximate surface area is 200 Å². The molecule has 1 atom stereocenters. The van der Waals surface area contributed by atoms with E-state index >= 15 is 0 Å². The van der Waals surface area contributed by atoms with Crippen molar-refractivity contribution in [3.05, 3.63) is 48.0 Å². The van der Waals surface area contributed by atoms with E-state index < -0.39 is 10.0 Å². The number of nitrogens with one attached hydrogen (secondary N) is 2. The van der Waals surface area contributed by atoms with Crippen molar-refractivity contribution in [3.63, 3.8) is 0 Å². The first-order valence-corrected chi connectivity index (χ1v) is 14.2. The zero-order valence-corrected chi connectivity index (χ0v) is 21.0. The van der Waals surface area contributed by atoms with E-state index in [4.69, 9.17) is 4.74 Å². The first kappa shape index (κ1) is 24.1. The topological polar surface area (TPSA) is 84.5 Å². The maximum atomic E-state index is 13.5. The van der Waals surface area contributed by atoms with Gasteiger partial charge in [0.15, 0.2) is 0 Å². The smallest absolute Gasteiger partial charge is 0.241 e. The Hall–Kier alpha value is -2.03. The van der Waals surface area contributed by atoms with E-state index in [2.05, 4.69) is 10.0 Å². The molecule has 0 radical (unpaired) electrons. The average molecular weight is 489 g/mol. The van der Waals surface area contributed by atoms with Crippen LogP contribution in [0.1, 0.15) is 64.0 Å². The zero-order chi connectivity index (χ0) is 23.6. The molecule has 0 aromatic heterocycles. The van der Waals surface area contributed by atoms with Gasteiger partial charge >= 0.3 is 0 Å². The van der Waals surface area contributed by atoms with E-state index in [0.717, 1.165) is 41.9 Å². The minimum atomic E-state index is -3.83. The molecule has 1 aliphatic heterocycles. The Bertz CT molecular complexity index is 1120. The van der Waals surface area contributed by atoms with Crippen molar-refractivity contribution in [1.29, 1.82) is 0 Å². The Morgan fingerprint density at radius 2 is 1.85 bits per heavy atom. The number of sulfonamides is 1. The number of amides is 1. The van der Waals surface area contributed by atoms with Gasteiger partial charge in [-0.2, -0.15) is 0 Å². The van der Waals surface area contributed by atoms with Crippen LogP contribution in [0.25, 0.3) is 0 Å². The molecule has 2 aromatic rings. The molecular weight excluding hydrogens is 456 g/mol. The predicted molar refractivity (Wildman–Crippen MR) is 132 cm³/mol. The number of carbonyl (C=O) groups is 1. The number of hydrogen-bond acceptors (Lipinski definition) is 5. The number of thioether (sulfide) groups is 1. The lowest BCUT2D eigenvalue weighted by Gasteiger charge is -2.44. The zero-order valence-electron chi connectivity index (χ0n) is 19.4. The Balaban J connectivity index is 1.64. The summed E-state index contributed by atoms with van der Waals surface area (Å²) in [6.07, 6.45) is 7.77. The largest absolute Gasteiger partial charge is 0.487 e. The molecule has 178 valence electrons. The quantitative estimate of drug-likeness (QED) is 0.524. The highest BCUT2D eigenvalue weighted by atomic mass is 32.2. The predicted octanol–water partition coefficient (Wildman–Crippen LogP) is 5.51. The number of hydrogen-bond donors (Lipinski definition) is 2. The lowest BCUT2D eigenvalue weighted by atomic mass is 9.77. The first-order chi connectivity index (χ1) is 15.7. The van der Waals surface area contributed by atoms with Crippen LogP contribution in [0.15, 0.2) is 52.3 Å². The normalized spacial score (nSPS) is 19.7. The van der Waals surface area contributed by atoms with Crippen LogP contribution in [0.2, 0.25) is 0 Å². The highest BCUT2D eigenvalue weighted by Crippen LogP contribution is 2.46. The summed E-state index contributed by atoms with van der Waals surface area (Å²) in [5.41, 5.74) is 1.06. The van der Waals surface area contributed by atoms with Gasteiger partial charge in [-0.05, 0) is 56.2 Å². The third-order valence-electron chi connectivity index (χ3n) is 6.52. The molecule has 6 nitrogen and oxygen atoms in total. The summed E-state index contributed by atoms with van der Waals surface area (Å²) in [5, 5.41) is 2.87. The van der Waals surface area contributed by atoms with Crippen LogP contribution in [-0.4, -0.2) is 26.2 Å². The van der Waals surface area contributed by atoms with Crippen LogP contribution in [0.5, 0.6) is 5.75 Å². The fraction of sp³-hybridized carbons (Fsp3) is 0.480. The highest BCUT2D eigenvalue weighted by molar-refractivity contribution is 7.98. The van der Waals surface area contributed by atoms with Gasteiger partial charge in [-0.1, -0.05) is 38.5 Å². The van der Waals surface area contributed by atoms with Crippen molar-refractivity contribution in [2.45, 2.75) is 73.8 Å². The van der Waals surface area contributed by atoms with Crippen molar-refractivity contribution in [2.24, 2.45) is 5.92 Å².